The number of benzene rings is 1. The van der Waals surface area contributed by atoms with Gasteiger partial charge in [0, 0.05) is 11.8 Å². The third-order valence-corrected chi connectivity index (χ3v) is 4.13. The highest BCUT2D eigenvalue weighted by Gasteiger charge is 2.38. The first-order chi connectivity index (χ1) is 9.53. The molecule has 0 saturated carbocycles. The second kappa shape index (κ2) is 5.66. The first-order valence-electron chi connectivity index (χ1n) is 6.54. The van der Waals surface area contributed by atoms with E-state index in [0.29, 0.717) is 30.0 Å². The van der Waals surface area contributed by atoms with Crippen LogP contribution in [0.15, 0.2) is 18.2 Å². The molecule has 0 atom stereocenters. The Kier molecular flexibility index (Phi) is 4.13. The van der Waals surface area contributed by atoms with Crippen LogP contribution in [0.4, 0.5) is 5.69 Å². The molecule has 0 aliphatic carbocycles. The van der Waals surface area contributed by atoms with Crippen LogP contribution in [0.1, 0.15) is 26.7 Å². The first kappa shape index (κ1) is 14.6. The van der Waals surface area contributed by atoms with Crippen LogP contribution in [0, 0.1) is 5.41 Å². The summed E-state index contributed by atoms with van der Waals surface area (Å²) in [6.07, 6.45) is 1.13. The minimum Gasteiger partial charge on any atom is -0.454 e. The fourth-order valence-electron chi connectivity index (χ4n) is 2.26. The molecule has 1 aromatic rings. The van der Waals surface area contributed by atoms with Crippen LogP contribution in [-0.4, -0.2) is 17.7 Å². The lowest BCUT2D eigenvalue weighted by Crippen LogP contribution is -2.45. The van der Waals surface area contributed by atoms with E-state index in [4.69, 9.17) is 27.4 Å². The summed E-state index contributed by atoms with van der Waals surface area (Å²) in [5.74, 6) is 1.11. The van der Waals surface area contributed by atoms with Crippen molar-refractivity contribution in [1.82, 2.24) is 0 Å². The van der Waals surface area contributed by atoms with Crippen LogP contribution in [0.25, 0.3) is 0 Å². The van der Waals surface area contributed by atoms with Crippen molar-refractivity contribution >= 4 is 28.8 Å². The molecule has 0 saturated heterocycles. The lowest BCUT2D eigenvalue weighted by atomic mass is 9.81. The monoisotopic (exact) mass is 294 g/mol. The highest BCUT2D eigenvalue weighted by Crippen LogP contribution is 2.35. The van der Waals surface area contributed by atoms with Crippen LogP contribution in [0.3, 0.4) is 0 Å². The number of carbonyl (C=O) groups excluding carboxylic acids is 1. The fourth-order valence-corrected chi connectivity index (χ4v) is 2.64. The summed E-state index contributed by atoms with van der Waals surface area (Å²) in [6, 6.07) is 5.26. The predicted octanol–water partition coefficient (Wildman–Crippen LogP) is 2.45. The van der Waals surface area contributed by atoms with E-state index in [9.17, 15) is 4.79 Å². The molecule has 0 aromatic heterocycles. The lowest BCUT2D eigenvalue weighted by molar-refractivity contribution is -0.122. The van der Waals surface area contributed by atoms with Crippen molar-refractivity contribution in [3.05, 3.63) is 18.2 Å². The van der Waals surface area contributed by atoms with Crippen molar-refractivity contribution in [3.63, 3.8) is 0 Å². The number of hydrogen-bond acceptors (Lipinski definition) is 4. The molecule has 0 fully saturated rings. The van der Waals surface area contributed by atoms with Gasteiger partial charge in [0.05, 0.1) is 10.4 Å². The summed E-state index contributed by atoms with van der Waals surface area (Å²) in [6.45, 7) is 4.01. The number of rotatable bonds is 5. The van der Waals surface area contributed by atoms with E-state index in [0.717, 1.165) is 0 Å². The Morgan fingerprint density at radius 1 is 1.35 bits per heavy atom. The molecule has 0 spiro atoms. The zero-order valence-corrected chi connectivity index (χ0v) is 12.4. The third kappa shape index (κ3) is 2.43. The predicted molar refractivity (Wildman–Crippen MR) is 81.0 cm³/mol. The first-order valence-corrected chi connectivity index (χ1v) is 6.95. The van der Waals surface area contributed by atoms with Gasteiger partial charge in [-0.1, -0.05) is 26.1 Å². The highest BCUT2D eigenvalue weighted by molar-refractivity contribution is 7.80. The Labute approximate surface area is 123 Å². The van der Waals surface area contributed by atoms with Crippen LogP contribution < -0.4 is 20.5 Å². The number of amides is 1. The number of fused-ring (bicyclic) bond motifs is 1. The molecule has 2 rings (SSSR count). The molecule has 1 aromatic carbocycles. The number of nitrogens with one attached hydrogen (secondary N) is 1. The van der Waals surface area contributed by atoms with Crippen molar-refractivity contribution in [2.24, 2.45) is 11.1 Å². The molecule has 1 aliphatic heterocycles. The Bertz CT molecular complexity index is 541. The third-order valence-electron chi connectivity index (χ3n) is 3.74. The van der Waals surface area contributed by atoms with E-state index in [1.807, 2.05) is 13.8 Å². The standard InChI is InChI=1S/C14H18N2O3S/c1-3-14(4-2,12(15)20)13(17)16-9-5-6-10-11(7-9)19-8-18-10/h5-7H,3-4,8H2,1-2H3,(H2,15,20)(H,16,17). The van der Waals surface area contributed by atoms with Crippen molar-refractivity contribution in [2.75, 3.05) is 12.1 Å². The van der Waals surface area contributed by atoms with E-state index >= 15 is 0 Å². The van der Waals surface area contributed by atoms with Gasteiger partial charge in [-0.2, -0.15) is 0 Å². The van der Waals surface area contributed by atoms with Crippen molar-refractivity contribution < 1.29 is 14.3 Å². The van der Waals surface area contributed by atoms with E-state index in [1.54, 1.807) is 18.2 Å². The van der Waals surface area contributed by atoms with Crippen molar-refractivity contribution in [1.29, 1.82) is 0 Å². The molecule has 3 N–H and O–H groups in total. The Hall–Kier alpha value is -1.82. The van der Waals surface area contributed by atoms with Gasteiger partial charge in [0.15, 0.2) is 11.5 Å². The maximum absolute atomic E-state index is 12.5. The molecule has 0 unspecified atom stereocenters. The second-order valence-corrected chi connectivity index (χ2v) is 5.12. The van der Waals surface area contributed by atoms with Crippen molar-refractivity contribution in [2.45, 2.75) is 26.7 Å². The minimum atomic E-state index is -0.814. The number of hydrogen-bond donors (Lipinski definition) is 2. The lowest BCUT2D eigenvalue weighted by Gasteiger charge is -2.28. The zero-order valence-electron chi connectivity index (χ0n) is 11.6. The van der Waals surface area contributed by atoms with Gasteiger partial charge in [-0.15, -0.1) is 0 Å². The Morgan fingerprint density at radius 2 is 2.00 bits per heavy atom. The van der Waals surface area contributed by atoms with Gasteiger partial charge in [0.2, 0.25) is 12.7 Å². The Balaban J connectivity index is 2.20. The van der Waals surface area contributed by atoms with E-state index in [-0.39, 0.29) is 17.7 Å². The maximum Gasteiger partial charge on any atom is 0.237 e. The molecule has 20 heavy (non-hydrogen) atoms. The zero-order chi connectivity index (χ0) is 14.8. The summed E-state index contributed by atoms with van der Waals surface area (Å²) in [7, 11) is 0. The summed E-state index contributed by atoms with van der Waals surface area (Å²) in [4.78, 5) is 12.7. The van der Waals surface area contributed by atoms with Gasteiger partial charge in [0.25, 0.3) is 0 Å². The molecular formula is C14H18N2O3S. The van der Waals surface area contributed by atoms with E-state index in [1.165, 1.54) is 0 Å². The smallest absolute Gasteiger partial charge is 0.237 e. The molecule has 108 valence electrons. The molecule has 1 heterocycles. The van der Waals surface area contributed by atoms with Crippen molar-refractivity contribution in [3.8, 4) is 11.5 Å². The number of ether oxygens (including phenoxy) is 2. The van der Waals surface area contributed by atoms with Gasteiger partial charge < -0.3 is 20.5 Å². The molecule has 1 aliphatic rings. The maximum atomic E-state index is 12.5. The normalized spacial score (nSPS) is 13.1. The minimum absolute atomic E-state index is 0.186. The van der Waals surface area contributed by atoms with Gasteiger partial charge in [0.1, 0.15) is 0 Å². The molecule has 0 radical (unpaired) electrons. The van der Waals surface area contributed by atoms with Gasteiger partial charge in [-0.3, -0.25) is 4.79 Å². The van der Waals surface area contributed by atoms with Crippen LogP contribution >= 0.6 is 12.2 Å². The summed E-state index contributed by atoms with van der Waals surface area (Å²) >= 11 is 5.07. The molecular weight excluding hydrogens is 276 g/mol. The molecule has 5 nitrogen and oxygen atoms in total. The van der Waals surface area contributed by atoms with Crippen LogP contribution in [0.5, 0.6) is 11.5 Å². The average Bonchev–Trinajstić information content (AvgIpc) is 2.87. The molecule has 1 amide bonds. The summed E-state index contributed by atoms with van der Waals surface area (Å²) in [5.41, 5.74) is 5.59. The number of nitrogens with two attached hydrogens (primary N) is 1. The largest absolute Gasteiger partial charge is 0.454 e. The van der Waals surface area contributed by atoms with Gasteiger partial charge in [-0.05, 0) is 25.0 Å². The summed E-state index contributed by atoms with van der Waals surface area (Å²) < 4.78 is 10.5. The number of thiocarbonyl (C=S) groups is 1. The number of carbonyl (C=O) groups is 1. The average molecular weight is 294 g/mol. The SMILES string of the molecule is CCC(CC)(C(=O)Nc1ccc2c(c1)OCO2)C(N)=S. The summed E-state index contributed by atoms with van der Waals surface area (Å²) in [5, 5.41) is 2.85. The number of anilines is 1. The topological polar surface area (TPSA) is 73.6 Å². The van der Waals surface area contributed by atoms with Crippen LogP contribution in [0.2, 0.25) is 0 Å². The van der Waals surface area contributed by atoms with Crippen LogP contribution in [-0.2, 0) is 4.79 Å². The quantitative estimate of drug-likeness (QED) is 0.816. The van der Waals surface area contributed by atoms with Gasteiger partial charge in [-0.25, -0.2) is 0 Å². The fraction of sp³-hybridized carbons (Fsp3) is 0.429. The highest BCUT2D eigenvalue weighted by atomic mass is 32.1. The van der Waals surface area contributed by atoms with E-state index in [2.05, 4.69) is 5.32 Å². The van der Waals surface area contributed by atoms with E-state index < -0.39 is 5.41 Å². The molecule has 6 heteroatoms. The molecule has 0 bridgehead atoms. The Morgan fingerprint density at radius 3 is 2.60 bits per heavy atom. The second-order valence-electron chi connectivity index (χ2n) is 4.68. The van der Waals surface area contributed by atoms with Gasteiger partial charge >= 0.3 is 0 Å².